The molecule has 0 saturated heterocycles. The SMILES string of the molecule is CCSc1c(-n2cc(OCC(F)(F)C(F)(F)C(F)(F)F)cn2)nc2ccc(C(F)(F)F)cn12. The van der Waals surface area contributed by atoms with Crippen molar-refractivity contribution in [2.75, 3.05) is 12.4 Å². The molecule has 182 valence electrons. The Balaban J connectivity index is 1.91. The highest BCUT2D eigenvalue weighted by Crippen LogP contribution is 2.46. The summed E-state index contributed by atoms with van der Waals surface area (Å²) in [6.07, 6.45) is -8.71. The van der Waals surface area contributed by atoms with Gasteiger partial charge in [-0.15, -0.1) is 11.8 Å². The van der Waals surface area contributed by atoms with Gasteiger partial charge in [-0.1, -0.05) is 6.92 Å². The van der Waals surface area contributed by atoms with Crippen molar-refractivity contribution < 1.29 is 48.6 Å². The predicted octanol–water partition coefficient (Wildman–Crippen LogP) is 5.86. The summed E-state index contributed by atoms with van der Waals surface area (Å²) in [5, 5.41) is 3.92. The molecule has 0 N–H and O–H groups in total. The van der Waals surface area contributed by atoms with Crippen molar-refractivity contribution in [3.63, 3.8) is 0 Å². The van der Waals surface area contributed by atoms with E-state index in [0.29, 0.717) is 5.75 Å². The number of pyridine rings is 1. The molecule has 33 heavy (non-hydrogen) atoms. The van der Waals surface area contributed by atoms with E-state index in [2.05, 4.69) is 14.8 Å². The number of thioether (sulfide) groups is 1. The molecule has 0 amide bonds. The molecule has 0 bridgehead atoms. The van der Waals surface area contributed by atoms with Crippen LogP contribution in [0.2, 0.25) is 0 Å². The summed E-state index contributed by atoms with van der Waals surface area (Å²) in [5.41, 5.74) is -0.877. The smallest absolute Gasteiger partial charge is 0.460 e. The first kappa shape index (κ1) is 25.0. The van der Waals surface area contributed by atoms with E-state index in [0.717, 1.165) is 51.6 Å². The first-order valence-electron chi connectivity index (χ1n) is 8.81. The van der Waals surface area contributed by atoms with Gasteiger partial charge in [0.25, 0.3) is 0 Å². The molecule has 0 aliphatic heterocycles. The normalized spacial score (nSPS) is 13.7. The van der Waals surface area contributed by atoms with Crippen LogP contribution in [0.3, 0.4) is 0 Å². The second kappa shape index (κ2) is 8.29. The summed E-state index contributed by atoms with van der Waals surface area (Å²) < 4.78 is 135. The van der Waals surface area contributed by atoms with Gasteiger partial charge in [-0.25, -0.2) is 9.67 Å². The molecule has 0 radical (unpaired) electrons. The predicted molar refractivity (Wildman–Crippen MR) is 95.2 cm³/mol. The van der Waals surface area contributed by atoms with Crippen LogP contribution in [0.1, 0.15) is 12.5 Å². The maximum atomic E-state index is 13.4. The third-order valence-corrected chi connectivity index (χ3v) is 5.12. The van der Waals surface area contributed by atoms with Crippen LogP contribution in [-0.4, -0.2) is 49.5 Å². The topological polar surface area (TPSA) is 44.3 Å². The minimum Gasteiger partial charge on any atom is -0.484 e. The highest BCUT2D eigenvalue weighted by atomic mass is 32.2. The number of rotatable bonds is 7. The summed E-state index contributed by atoms with van der Waals surface area (Å²) in [7, 11) is 0. The largest absolute Gasteiger partial charge is 0.484 e. The van der Waals surface area contributed by atoms with E-state index < -0.39 is 42.1 Å². The Morgan fingerprint density at radius 2 is 1.64 bits per heavy atom. The maximum absolute atomic E-state index is 13.4. The molecule has 3 aromatic heterocycles. The number of imidazole rings is 1. The van der Waals surface area contributed by atoms with Gasteiger partial charge in [0.2, 0.25) is 0 Å². The average Bonchev–Trinajstić information content (AvgIpc) is 3.29. The summed E-state index contributed by atoms with van der Waals surface area (Å²) in [5.74, 6) is -12.1. The Morgan fingerprint density at radius 1 is 0.970 bits per heavy atom. The molecule has 0 spiro atoms. The van der Waals surface area contributed by atoms with E-state index in [9.17, 15) is 43.9 Å². The minimum atomic E-state index is -6.50. The highest BCUT2D eigenvalue weighted by molar-refractivity contribution is 7.99. The van der Waals surface area contributed by atoms with Gasteiger partial charge < -0.3 is 4.74 Å². The van der Waals surface area contributed by atoms with Crippen LogP contribution in [0.5, 0.6) is 5.75 Å². The Kier molecular flexibility index (Phi) is 6.27. The van der Waals surface area contributed by atoms with Gasteiger partial charge in [0.05, 0.1) is 18.0 Å². The van der Waals surface area contributed by atoms with Crippen LogP contribution >= 0.6 is 11.8 Å². The van der Waals surface area contributed by atoms with E-state index >= 15 is 0 Å². The van der Waals surface area contributed by atoms with Gasteiger partial charge in [0, 0.05) is 6.20 Å². The molecular weight excluding hydrogens is 498 g/mol. The Hall–Kier alpha value is -2.65. The molecule has 0 fully saturated rings. The van der Waals surface area contributed by atoms with E-state index in [1.807, 2.05) is 0 Å². The summed E-state index contributed by atoms with van der Waals surface area (Å²) in [6.45, 7) is -0.607. The van der Waals surface area contributed by atoms with Crippen molar-refractivity contribution in [1.29, 1.82) is 0 Å². The third-order valence-electron chi connectivity index (χ3n) is 4.18. The number of hydrogen-bond donors (Lipinski definition) is 0. The molecule has 0 atom stereocenters. The first-order valence-corrected chi connectivity index (χ1v) is 9.79. The molecule has 3 aromatic rings. The Bertz CT molecular complexity index is 1140. The second-order valence-corrected chi connectivity index (χ2v) is 7.76. The number of halogens is 10. The summed E-state index contributed by atoms with van der Waals surface area (Å²) in [6, 6.07) is 1.89. The van der Waals surface area contributed by atoms with Gasteiger partial charge in [0.1, 0.15) is 10.7 Å². The number of hydrogen-bond acceptors (Lipinski definition) is 4. The highest BCUT2D eigenvalue weighted by Gasteiger charge is 2.73. The first-order chi connectivity index (χ1) is 15.1. The second-order valence-electron chi connectivity index (χ2n) is 6.50. The number of fused-ring (bicyclic) bond motifs is 1. The van der Waals surface area contributed by atoms with Gasteiger partial charge in [-0.3, -0.25) is 4.40 Å². The monoisotopic (exact) mass is 510 g/mol. The van der Waals surface area contributed by atoms with Gasteiger partial charge >= 0.3 is 24.2 Å². The van der Waals surface area contributed by atoms with Crippen molar-refractivity contribution in [2.45, 2.75) is 36.1 Å². The molecule has 5 nitrogen and oxygen atoms in total. The van der Waals surface area contributed by atoms with Crippen LogP contribution in [0.25, 0.3) is 11.5 Å². The van der Waals surface area contributed by atoms with E-state index in [4.69, 9.17) is 0 Å². The van der Waals surface area contributed by atoms with Gasteiger partial charge in [0.15, 0.2) is 18.2 Å². The lowest BCUT2D eigenvalue weighted by Crippen LogP contribution is -2.54. The lowest BCUT2D eigenvalue weighted by Gasteiger charge is -2.27. The molecular formula is C17H12F10N4OS. The Morgan fingerprint density at radius 3 is 2.21 bits per heavy atom. The Labute approximate surface area is 182 Å². The van der Waals surface area contributed by atoms with Crippen molar-refractivity contribution in [1.82, 2.24) is 19.2 Å². The fraction of sp³-hybridized carbons (Fsp3) is 0.412. The number of aromatic nitrogens is 4. The number of nitrogens with zero attached hydrogens (tertiary/aromatic N) is 4. The van der Waals surface area contributed by atoms with Crippen LogP contribution in [-0.2, 0) is 6.18 Å². The fourth-order valence-corrected chi connectivity index (χ4v) is 3.39. The molecule has 0 unspecified atom stereocenters. The van der Waals surface area contributed by atoms with Crippen molar-refractivity contribution in [3.05, 3.63) is 36.3 Å². The molecule has 3 rings (SSSR count). The van der Waals surface area contributed by atoms with Gasteiger partial charge in [-0.2, -0.15) is 49.0 Å². The molecule has 3 heterocycles. The van der Waals surface area contributed by atoms with E-state index in [1.54, 1.807) is 6.92 Å². The zero-order valence-corrected chi connectivity index (χ0v) is 17.0. The van der Waals surface area contributed by atoms with Crippen LogP contribution in [0, 0.1) is 0 Å². The van der Waals surface area contributed by atoms with Crippen LogP contribution < -0.4 is 4.74 Å². The lowest BCUT2D eigenvalue weighted by atomic mass is 10.2. The number of ether oxygens (including phenoxy) is 1. The van der Waals surface area contributed by atoms with Crippen LogP contribution in [0.15, 0.2) is 35.7 Å². The fourth-order valence-electron chi connectivity index (χ4n) is 2.57. The maximum Gasteiger partial charge on any atom is 0.460 e. The zero-order valence-electron chi connectivity index (χ0n) is 16.2. The van der Waals surface area contributed by atoms with Crippen LogP contribution in [0.4, 0.5) is 43.9 Å². The van der Waals surface area contributed by atoms with Gasteiger partial charge in [-0.05, 0) is 17.9 Å². The summed E-state index contributed by atoms with van der Waals surface area (Å²) in [4.78, 5) is 4.12. The molecule has 0 aromatic carbocycles. The average molecular weight is 510 g/mol. The standard InChI is InChI=1S/C17H12F10N4OS/c1-2-33-13-12(29-11-4-3-9(6-30(11)13)15(20,21)22)31-7-10(5-28-31)32-8-14(18,19)16(23,24)17(25,26)27/h3-7H,2,8H2,1H3. The van der Waals surface area contributed by atoms with E-state index in [-0.39, 0.29) is 16.5 Å². The van der Waals surface area contributed by atoms with E-state index in [1.165, 1.54) is 0 Å². The zero-order chi connectivity index (χ0) is 24.8. The minimum absolute atomic E-state index is 0.0385. The molecule has 0 aliphatic carbocycles. The van der Waals surface area contributed by atoms with Crippen molar-refractivity contribution >= 4 is 17.4 Å². The quantitative estimate of drug-likeness (QED) is 0.295. The molecule has 0 aliphatic rings. The number of alkyl halides is 10. The third kappa shape index (κ3) is 4.70. The molecule has 16 heteroatoms. The van der Waals surface area contributed by atoms with Crippen molar-refractivity contribution in [2.24, 2.45) is 0 Å². The molecule has 0 saturated carbocycles. The lowest BCUT2D eigenvalue weighted by molar-refractivity contribution is -0.358. The summed E-state index contributed by atoms with van der Waals surface area (Å²) >= 11 is 1.07. The van der Waals surface area contributed by atoms with Crippen molar-refractivity contribution in [3.8, 4) is 11.6 Å².